The zero-order valence-corrected chi connectivity index (χ0v) is 20.9. The van der Waals surface area contributed by atoms with Crippen LogP contribution in [0.2, 0.25) is 0 Å². The van der Waals surface area contributed by atoms with Gasteiger partial charge in [0.2, 0.25) is 0 Å². The van der Waals surface area contributed by atoms with Gasteiger partial charge < -0.3 is 0 Å². The highest BCUT2D eigenvalue weighted by molar-refractivity contribution is 4.58. The summed E-state index contributed by atoms with van der Waals surface area (Å²) in [7, 11) is 0. The lowest BCUT2D eigenvalue weighted by atomic mass is 9.93. The van der Waals surface area contributed by atoms with Gasteiger partial charge in [0.05, 0.1) is 0 Å². The lowest BCUT2D eigenvalue weighted by Gasteiger charge is -2.13. The van der Waals surface area contributed by atoms with E-state index in [-0.39, 0.29) is 0 Å². The highest BCUT2D eigenvalue weighted by Crippen LogP contribution is 2.21. The molecule has 0 nitrogen and oxygen atoms in total. The lowest BCUT2D eigenvalue weighted by molar-refractivity contribution is 0.398. The normalized spacial score (nSPS) is 14.9. The van der Waals surface area contributed by atoms with E-state index in [1.165, 1.54) is 128 Å². The predicted octanol–water partition coefficient (Wildman–Crippen LogP) is 10.7. The maximum atomic E-state index is 2.48. The minimum absolute atomic E-state index is 0.951. The largest absolute Gasteiger partial charge is 0.0654 e. The van der Waals surface area contributed by atoms with E-state index >= 15 is 0 Å². The van der Waals surface area contributed by atoms with Gasteiger partial charge in [-0.1, -0.05) is 163 Å². The van der Waals surface area contributed by atoms with Crippen molar-refractivity contribution in [2.45, 2.75) is 163 Å². The molecular formula is C28H58. The second-order valence-electron chi connectivity index (χ2n) is 10.3. The van der Waals surface area contributed by atoms with Gasteiger partial charge in [-0.15, -0.1) is 0 Å². The van der Waals surface area contributed by atoms with Crippen molar-refractivity contribution < 1.29 is 0 Å². The molecule has 0 aromatic rings. The molecule has 0 aromatic carbocycles. The maximum Gasteiger partial charge on any atom is -0.0443 e. The average molecular weight is 395 g/mol. The van der Waals surface area contributed by atoms with Crippen molar-refractivity contribution in [1.29, 1.82) is 0 Å². The molecule has 3 unspecified atom stereocenters. The molecule has 0 spiro atoms. The summed E-state index contributed by atoms with van der Waals surface area (Å²) in [5, 5.41) is 0. The Bertz CT molecular complexity index is 282. The first-order chi connectivity index (χ1) is 13.6. The first-order valence-electron chi connectivity index (χ1n) is 13.6. The smallest absolute Gasteiger partial charge is 0.0443 e. The van der Waals surface area contributed by atoms with Crippen molar-refractivity contribution >= 4 is 0 Å². The zero-order valence-electron chi connectivity index (χ0n) is 20.9. The summed E-state index contributed by atoms with van der Waals surface area (Å²) in [6.07, 6.45) is 29.2. The Balaban J connectivity index is 3.21. The van der Waals surface area contributed by atoms with Crippen LogP contribution in [0.3, 0.4) is 0 Å². The van der Waals surface area contributed by atoms with Crippen LogP contribution in [-0.4, -0.2) is 0 Å². The van der Waals surface area contributed by atoms with Gasteiger partial charge in [0.25, 0.3) is 0 Å². The fourth-order valence-electron chi connectivity index (χ4n) is 4.81. The molecule has 28 heavy (non-hydrogen) atoms. The van der Waals surface area contributed by atoms with Crippen LogP contribution in [0.25, 0.3) is 0 Å². The van der Waals surface area contributed by atoms with E-state index in [1.54, 1.807) is 0 Å². The highest BCUT2D eigenvalue weighted by atomic mass is 14.1. The second-order valence-corrected chi connectivity index (χ2v) is 10.3. The number of unbranched alkanes of at least 4 members (excludes halogenated alkanes) is 10. The van der Waals surface area contributed by atoms with Crippen LogP contribution >= 0.6 is 0 Å². The quantitative estimate of drug-likeness (QED) is 0.160. The van der Waals surface area contributed by atoms with E-state index in [0.29, 0.717) is 0 Å². The van der Waals surface area contributed by atoms with Crippen molar-refractivity contribution in [3.8, 4) is 0 Å². The molecule has 0 saturated carbocycles. The van der Waals surface area contributed by atoms with Crippen LogP contribution in [0.15, 0.2) is 0 Å². The minimum Gasteiger partial charge on any atom is -0.0654 e. The first kappa shape index (κ1) is 28.0. The Labute approximate surface area is 181 Å². The third-order valence-electron chi connectivity index (χ3n) is 6.85. The summed E-state index contributed by atoms with van der Waals surface area (Å²) in [6, 6.07) is 0. The molecule has 0 fully saturated rings. The van der Waals surface area contributed by atoms with Crippen molar-refractivity contribution in [2.24, 2.45) is 17.8 Å². The minimum atomic E-state index is 0.951. The molecule has 0 N–H and O–H groups in total. The number of hydrogen-bond acceptors (Lipinski definition) is 0. The van der Waals surface area contributed by atoms with Crippen molar-refractivity contribution in [2.75, 3.05) is 0 Å². The molecule has 0 heterocycles. The van der Waals surface area contributed by atoms with Crippen molar-refractivity contribution in [1.82, 2.24) is 0 Å². The molecule has 0 rings (SSSR count). The van der Waals surface area contributed by atoms with Crippen LogP contribution in [0.1, 0.15) is 163 Å². The fourth-order valence-corrected chi connectivity index (χ4v) is 4.81. The summed E-state index contributed by atoms with van der Waals surface area (Å²) in [6.45, 7) is 12.0. The van der Waals surface area contributed by atoms with E-state index in [0.717, 1.165) is 17.8 Å². The van der Waals surface area contributed by atoms with Crippen LogP contribution < -0.4 is 0 Å². The van der Waals surface area contributed by atoms with Crippen molar-refractivity contribution in [3.05, 3.63) is 0 Å². The molecule has 0 heteroatoms. The van der Waals surface area contributed by atoms with Gasteiger partial charge in [-0.3, -0.25) is 0 Å². The molecular weight excluding hydrogens is 336 g/mol. The van der Waals surface area contributed by atoms with E-state index in [2.05, 4.69) is 34.6 Å². The van der Waals surface area contributed by atoms with E-state index in [4.69, 9.17) is 0 Å². The van der Waals surface area contributed by atoms with Gasteiger partial charge in [-0.2, -0.15) is 0 Å². The highest BCUT2D eigenvalue weighted by Gasteiger charge is 2.05. The number of rotatable bonds is 22. The van der Waals surface area contributed by atoms with Crippen LogP contribution in [0.5, 0.6) is 0 Å². The van der Waals surface area contributed by atoms with Crippen LogP contribution in [0, 0.1) is 17.8 Å². The average Bonchev–Trinajstić information content (AvgIpc) is 2.66. The topological polar surface area (TPSA) is 0 Å². The summed E-state index contributed by atoms with van der Waals surface area (Å²) < 4.78 is 0. The Morgan fingerprint density at radius 2 is 0.571 bits per heavy atom. The lowest BCUT2D eigenvalue weighted by Crippen LogP contribution is -1.99. The fraction of sp³-hybridized carbons (Fsp3) is 1.00. The van der Waals surface area contributed by atoms with Crippen LogP contribution in [0.4, 0.5) is 0 Å². The Morgan fingerprint density at radius 3 is 0.893 bits per heavy atom. The maximum absolute atomic E-state index is 2.48. The monoisotopic (exact) mass is 394 g/mol. The zero-order chi connectivity index (χ0) is 20.9. The Morgan fingerprint density at radius 1 is 0.321 bits per heavy atom. The summed E-state index contributed by atoms with van der Waals surface area (Å²) in [5.41, 5.74) is 0. The molecule has 0 aromatic heterocycles. The van der Waals surface area contributed by atoms with Gasteiger partial charge in [0.15, 0.2) is 0 Å². The standard InChI is InChI=1S/C28H58/c1-6-20-26(3)22-17-15-13-11-9-8-10-12-14-16-18-23-28(5)25-19-24-27(4)21-7-2/h26-28H,6-25H2,1-5H3. The molecule has 0 amide bonds. The first-order valence-corrected chi connectivity index (χ1v) is 13.6. The molecule has 0 aliphatic heterocycles. The van der Waals surface area contributed by atoms with Gasteiger partial charge in [0, 0.05) is 0 Å². The molecule has 170 valence electrons. The van der Waals surface area contributed by atoms with Crippen LogP contribution in [-0.2, 0) is 0 Å². The number of hydrogen-bond donors (Lipinski definition) is 0. The predicted molar refractivity (Wildman–Crippen MR) is 131 cm³/mol. The van der Waals surface area contributed by atoms with Gasteiger partial charge in [-0.25, -0.2) is 0 Å². The SMILES string of the molecule is CCCC(C)CCCCCCCCCCCCCC(C)CCCC(C)CCC. The van der Waals surface area contributed by atoms with E-state index in [9.17, 15) is 0 Å². The molecule has 3 atom stereocenters. The van der Waals surface area contributed by atoms with Gasteiger partial charge >= 0.3 is 0 Å². The Kier molecular flexibility index (Phi) is 21.7. The molecule has 0 aliphatic carbocycles. The van der Waals surface area contributed by atoms with E-state index < -0.39 is 0 Å². The molecule has 0 saturated heterocycles. The van der Waals surface area contributed by atoms with Gasteiger partial charge in [0.1, 0.15) is 0 Å². The van der Waals surface area contributed by atoms with Gasteiger partial charge in [-0.05, 0) is 17.8 Å². The molecule has 0 radical (unpaired) electrons. The van der Waals surface area contributed by atoms with E-state index in [1.807, 2.05) is 0 Å². The third-order valence-corrected chi connectivity index (χ3v) is 6.85. The summed E-state index contributed by atoms with van der Waals surface area (Å²) in [5.74, 6) is 2.87. The summed E-state index contributed by atoms with van der Waals surface area (Å²) >= 11 is 0. The van der Waals surface area contributed by atoms with Crippen molar-refractivity contribution in [3.63, 3.8) is 0 Å². The third kappa shape index (κ3) is 20.7. The second kappa shape index (κ2) is 21.7. The molecule has 0 aliphatic rings. The molecule has 0 bridgehead atoms. The summed E-state index contributed by atoms with van der Waals surface area (Å²) in [4.78, 5) is 0. The Hall–Kier alpha value is 0.